The lowest BCUT2D eigenvalue weighted by molar-refractivity contribution is 0.674. The summed E-state index contributed by atoms with van der Waals surface area (Å²) in [6.45, 7) is 6.10. The van der Waals surface area contributed by atoms with Crippen molar-refractivity contribution in [2.45, 2.75) is 25.4 Å². The molecule has 0 radical (unpaired) electrons. The Labute approximate surface area is 83.9 Å². The average molecular weight is 199 g/mol. The van der Waals surface area contributed by atoms with E-state index in [0.29, 0.717) is 0 Å². The zero-order valence-electron chi connectivity index (χ0n) is 8.72. The fourth-order valence-electron chi connectivity index (χ4n) is 1.39. The zero-order valence-corrected chi connectivity index (χ0v) is 9.53. The van der Waals surface area contributed by atoms with E-state index in [4.69, 9.17) is 0 Å². The molecule has 1 rings (SSSR count). The van der Waals surface area contributed by atoms with E-state index in [1.165, 1.54) is 10.6 Å². The van der Waals surface area contributed by atoms with Crippen LogP contribution in [0, 0.1) is 6.92 Å². The molecule has 0 aliphatic carbocycles. The van der Waals surface area contributed by atoms with Gasteiger partial charge in [0.1, 0.15) is 0 Å². The third kappa shape index (κ3) is 2.25. The number of rotatable bonds is 4. The second kappa shape index (κ2) is 4.67. The summed E-state index contributed by atoms with van der Waals surface area (Å²) in [6, 6.07) is 0. The molecule has 4 heteroatoms. The lowest BCUT2D eigenvalue weighted by Crippen LogP contribution is -2.12. The van der Waals surface area contributed by atoms with E-state index in [9.17, 15) is 0 Å². The second-order valence-corrected chi connectivity index (χ2v) is 3.77. The minimum atomic E-state index is 0.923. The fraction of sp³-hybridized carbons (Fsp3) is 0.667. The summed E-state index contributed by atoms with van der Waals surface area (Å²) < 4.78 is 1.95. The molecule has 0 atom stereocenters. The van der Waals surface area contributed by atoms with Crippen molar-refractivity contribution >= 4 is 11.8 Å². The first-order chi connectivity index (χ1) is 6.20. The van der Waals surface area contributed by atoms with E-state index < -0.39 is 0 Å². The molecule has 0 spiro atoms. The van der Waals surface area contributed by atoms with Gasteiger partial charge in [0.2, 0.25) is 0 Å². The first-order valence-corrected chi connectivity index (χ1v) is 5.70. The van der Waals surface area contributed by atoms with Crippen LogP contribution in [0.2, 0.25) is 0 Å². The number of aromatic nitrogens is 2. The van der Waals surface area contributed by atoms with Crippen molar-refractivity contribution in [3.63, 3.8) is 0 Å². The van der Waals surface area contributed by atoms with Crippen molar-refractivity contribution in [2.75, 3.05) is 12.8 Å². The first-order valence-electron chi connectivity index (χ1n) is 4.47. The van der Waals surface area contributed by atoms with Crippen LogP contribution in [0.25, 0.3) is 0 Å². The maximum atomic E-state index is 4.39. The van der Waals surface area contributed by atoms with Gasteiger partial charge in [-0.2, -0.15) is 5.10 Å². The molecule has 0 aliphatic rings. The highest BCUT2D eigenvalue weighted by molar-refractivity contribution is 7.98. The number of thioether (sulfide) groups is 1. The SMILES string of the molecule is CCNCc1c(C)nn(C)c1SC. The van der Waals surface area contributed by atoms with Crippen LogP contribution in [-0.2, 0) is 13.6 Å². The highest BCUT2D eigenvalue weighted by Crippen LogP contribution is 2.22. The van der Waals surface area contributed by atoms with Crippen LogP contribution in [-0.4, -0.2) is 22.6 Å². The van der Waals surface area contributed by atoms with Crippen molar-refractivity contribution < 1.29 is 0 Å². The Kier molecular flexibility index (Phi) is 3.81. The molecule has 0 aliphatic heterocycles. The summed E-state index contributed by atoms with van der Waals surface area (Å²) in [5.41, 5.74) is 2.46. The normalized spacial score (nSPS) is 10.8. The Hall–Kier alpha value is -0.480. The topological polar surface area (TPSA) is 29.9 Å². The van der Waals surface area contributed by atoms with Gasteiger partial charge in [-0.1, -0.05) is 6.92 Å². The van der Waals surface area contributed by atoms with Gasteiger partial charge in [-0.25, -0.2) is 0 Å². The maximum absolute atomic E-state index is 4.39. The Morgan fingerprint density at radius 1 is 1.54 bits per heavy atom. The van der Waals surface area contributed by atoms with Crippen LogP contribution < -0.4 is 5.32 Å². The number of nitrogens with zero attached hydrogens (tertiary/aromatic N) is 2. The summed E-state index contributed by atoms with van der Waals surface area (Å²) in [6.07, 6.45) is 2.09. The van der Waals surface area contributed by atoms with Gasteiger partial charge in [-0.15, -0.1) is 11.8 Å². The first kappa shape index (κ1) is 10.6. The molecule has 0 saturated carbocycles. The van der Waals surface area contributed by atoms with E-state index in [-0.39, 0.29) is 0 Å². The minimum absolute atomic E-state index is 0.923. The van der Waals surface area contributed by atoms with E-state index in [1.807, 2.05) is 11.7 Å². The quantitative estimate of drug-likeness (QED) is 0.746. The lowest BCUT2D eigenvalue weighted by Gasteiger charge is -2.03. The van der Waals surface area contributed by atoms with Crippen molar-refractivity contribution in [3.05, 3.63) is 11.3 Å². The van der Waals surface area contributed by atoms with Crippen molar-refractivity contribution in [1.29, 1.82) is 0 Å². The molecular weight excluding hydrogens is 182 g/mol. The molecule has 0 fully saturated rings. The largest absolute Gasteiger partial charge is 0.313 e. The number of aryl methyl sites for hydroxylation is 2. The number of hydrogen-bond acceptors (Lipinski definition) is 3. The number of nitrogens with one attached hydrogen (secondary N) is 1. The highest BCUT2D eigenvalue weighted by Gasteiger charge is 2.10. The second-order valence-electron chi connectivity index (χ2n) is 2.98. The highest BCUT2D eigenvalue weighted by atomic mass is 32.2. The van der Waals surface area contributed by atoms with Gasteiger partial charge >= 0.3 is 0 Å². The van der Waals surface area contributed by atoms with Gasteiger partial charge in [0.25, 0.3) is 0 Å². The van der Waals surface area contributed by atoms with Gasteiger partial charge < -0.3 is 5.32 Å². The van der Waals surface area contributed by atoms with Gasteiger partial charge in [0.15, 0.2) is 0 Å². The van der Waals surface area contributed by atoms with E-state index in [0.717, 1.165) is 18.8 Å². The Morgan fingerprint density at radius 2 is 2.23 bits per heavy atom. The minimum Gasteiger partial charge on any atom is -0.313 e. The monoisotopic (exact) mass is 199 g/mol. The Bertz CT molecular complexity index is 281. The standard InChI is InChI=1S/C9H17N3S/c1-5-10-6-8-7(2)11-12(3)9(8)13-4/h10H,5-6H2,1-4H3. The van der Waals surface area contributed by atoms with Crippen molar-refractivity contribution in [3.8, 4) is 0 Å². The van der Waals surface area contributed by atoms with Crippen molar-refractivity contribution in [2.24, 2.45) is 7.05 Å². The summed E-state index contributed by atoms with van der Waals surface area (Å²) >= 11 is 1.75. The smallest absolute Gasteiger partial charge is 0.0981 e. The van der Waals surface area contributed by atoms with Gasteiger partial charge in [-0.05, 0) is 19.7 Å². The van der Waals surface area contributed by atoms with Gasteiger partial charge in [-0.3, -0.25) is 4.68 Å². The van der Waals surface area contributed by atoms with Crippen LogP contribution in [0.15, 0.2) is 5.03 Å². The van der Waals surface area contributed by atoms with E-state index in [1.54, 1.807) is 11.8 Å². The molecule has 0 amide bonds. The zero-order chi connectivity index (χ0) is 9.84. The maximum Gasteiger partial charge on any atom is 0.0981 e. The molecule has 3 nitrogen and oxygen atoms in total. The van der Waals surface area contributed by atoms with E-state index in [2.05, 4.69) is 30.5 Å². The summed E-state index contributed by atoms with van der Waals surface area (Å²) in [4.78, 5) is 0. The Balaban J connectivity index is 2.89. The Morgan fingerprint density at radius 3 is 2.77 bits per heavy atom. The molecule has 0 saturated heterocycles. The van der Waals surface area contributed by atoms with Crippen LogP contribution >= 0.6 is 11.8 Å². The molecule has 1 aromatic heterocycles. The molecule has 0 bridgehead atoms. The van der Waals surface area contributed by atoms with Crippen LogP contribution in [0.3, 0.4) is 0 Å². The average Bonchev–Trinajstić information content (AvgIpc) is 2.37. The number of hydrogen-bond donors (Lipinski definition) is 1. The van der Waals surface area contributed by atoms with Gasteiger partial charge in [0, 0.05) is 19.2 Å². The van der Waals surface area contributed by atoms with Crippen LogP contribution in [0.5, 0.6) is 0 Å². The predicted octanol–water partition coefficient (Wildman–Crippen LogP) is 1.56. The predicted molar refractivity (Wildman–Crippen MR) is 57.1 cm³/mol. The molecule has 1 heterocycles. The molecule has 0 unspecified atom stereocenters. The molecule has 1 N–H and O–H groups in total. The lowest BCUT2D eigenvalue weighted by atomic mass is 10.2. The molecule has 74 valence electrons. The summed E-state index contributed by atoms with van der Waals surface area (Å²) in [7, 11) is 1.99. The molecule has 0 aromatic carbocycles. The fourth-order valence-corrected chi connectivity index (χ4v) is 2.16. The van der Waals surface area contributed by atoms with Crippen molar-refractivity contribution in [1.82, 2.24) is 15.1 Å². The molecule has 1 aromatic rings. The van der Waals surface area contributed by atoms with E-state index >= 15 is 0 Å². The summed E-state index contributed by atoms with van der Waals surface area (Å²) in [5.74, 6) is 0. The summed E-state index contributed by atoms with van der Waals surface area (Å²) in [5, 5.41) is 8.98. The molecular formula is C9H17N3S. The van der Waals surface area contributed by atoms with Crippen LogP contribution in [0.1, 0.15) is 18.2 Å². The van der Waals surface area contributed by atoms with Crippen LogP contribution in [0.4, 0.5) is 0 Å². The van der Waals surface area contributed by atoms with Gasteiger partial charge in [0.05, 0.1) is 10.7 Å². The third-order valence-electron chi connectivity index (χ3n) is 2.03. The third-order valence-corrected chi connectivity index (χ3v) is 2.93. The molecule has 13 heavy (non-hydrogen) atoms.